The van der Waals surface area contributed by atoms with Crippen molar-refractivity contribution in [3.8, 4) is 0 Å². The number of nitrogens with zero attached hydrogens (tertiary/aromatic N) is 2. The molecule has 1 saturated heterocycles. The van der Waals surface area contributed by atoms with Gasteiger partial charge in [-0.25, -0.2) is 0 Å². The Kier molecular flexibility index (Phi) is 5.01. The monoisotopic (exact) mass is 297 g/mol. The molecule has 0 aromatic carbocycles. The lowest BCUT2D eigenvalue weighted by atomic mass is 9.85. The van der Waals surface area contributed by atoms with E-state index in [1.165, 1.54) is 0 Å². The van der Waals surface area contributed by atoms with Crippen LogP contribution in [0.25, 0.3) is 0 Å². The lowest BCUT2D eigenvalue weighted by Crippen LogP contribution is -2.40. The molecule has 0 radical (unpaired) electrons. The number of hydrogen-bond acceptors (Lipinski definition) is 6. The van der Waals surface area contributed by atoms with Crippen LogP contribution in [0.3, 0.4) is 0 Å². The van der Waals surface area contributed by atoms with Gasteiger partial charge in [-0.2, -0.15) is 4.98 Å². The van der Waals surface area contributed by atoms with Crippen molar-refractivity contribution in [2.45, 2.75) is 51.7 Å². The highest BCUT2D eigenvalue weighted by atomic mass is 16.5. The van der Waals surface area contributed by atoms with Crippen LogP contribution in [0.5, 0.6) is 0 Å². The van der Waals surface area contributed by atoms with Gasteiger partial charge in [0.2, 0.25) is 11.7 Å². The Balaban J connectivity index is 2.13. The minimum absolute atomic E-state index is 0.126. The van der Waals surface area contributed by atoms with E-state index in [1.807, 2.05) is 7.05 Å². The fourth-order valence-corrected chi connectivity index (χ4v) is 2.76. The lowest BCUT2D eigenvalue weighted by molar-refractivity contribution is -0.101. The summed E-state index contributed by atoms with van der Waals surface area (Å²) in [5, 5.41) is 7.48. The normalized spacial score (nSPS) is 20.4. The average Bonchev–Trinajstić information content (AvgIpc) is 2.93. The fourth-order valence-electron chi connectivity index (χ4n) is 2.76. The molecule has 1 atom stereocenters. The summed E-state index contributed by atoms with van der Waals surface area (Å²) < 4.78 is 16.6. The second kappa shape index (κ2) is 6.42. The van der Waals surface area contributed by atoms with E-state index in [1.54, 1.807) is 7.11 Å². The highest BCUT2D eigenvalue weighted by Gasteiger charge is 2.39. The number of nitrogens with one attached hydrogen (secondary N) is 1. The second-order valence-corrected chi connectivity index (χ2v) is 6.73. The summed E-state index contributed by atoms with van der Waals surface area (Å²) in [6.07, 6.45) is 2.23. The number of aromatic nitrogens is 2. The molecule has 0 amide bonds. The topological polar surface area (TPSA) is 69.4 Å². The summed E-state index contributed by atoms with van der Waals surface area (Å²) in [5.74, 6) is 1.30. The Hall–Kier alpha value is -0.980. The molecule has 120 valence electrons. The minimum atomic E-state index is -0.461. The number of ether oxygens (including phenoxy) is 2. The third-order valence-electron chi connectivity index (χ3n) is 4.34. The van der Waals surface area contributed by atoms with Crippen LogP contribution >= 0.6 is 0 Å². The van der Waals surface area contributed by atoms with Gasteiger partial charge < -0.3 is 19.3 Å². The Morgan fingerprint density at radius 2 is 2.00 bits per heavy atom. The maximum Gasteiger partial charge on any atom is 0.228 e. The van der Waals surface area contributed by atoms with Crippen molar-refractivity contribution < 1.29 is 14.0 Å². The molecule has 2 rings (SSSR count). The SMILES string of the molecule is CNC(Cc1nc(C2(OC)CCOCC2)no1)C(C)(C)C. The van der Waals surface area contributed by atoms with Crippen molar-refractivity contribution in [3.05, 3.63) is 11.7 Å². The van der Waals surface area contributed by atoms with E-state index in [9.17, 15) is 0 Å². The zero-order chi connectivity index (χ0) is 15.5. The van der Waals surface area contributed by atoms with Crippen LogP contribution in [0, 0.1) is 5.41 Å². The van der Waals surface area contributed by atoms with E-state index < -0.39 is 5.60 Å². The van der Waals surface area contributed by atoms with Crippen LogP contribution in [0.1, 0.15) is 45.3 Å². The fraction of sp³-hybridized carbons (Fsp3) is 0.867. The van der Waals surface area contributed by atoms with Crippen LogP contribution in [-0.4, -0.2) is 43.6 Å². The lowest BCUT2D eigenvalue weighted by Gasteiger charge is -2.32. The summed E-state index contributed by atoms with van der Waals surface area (Å²) in [6, 6.07) is 0.277. The zero-order valence-corrected chi connectivity index (χ0v) is 13.7. The number of likely N-dealkylation sites (N-methyl/N-ethyl adjacent to an activating group) is 1. The molecule has 1 aromatic heterocycles. The molecule has 0 saturated carbocycles. The molecule has 1 aliphatic rings. The Bertz CT molecular complexity index is 447. The van der Waals surface area contributed by atoms with E-state index in [2.05, 4.69) is 36.2 Å². The zero-order valence-electron chi connectivity index (χ0n) is 13.7. The van der Waals surface area contributed by atoms with Crippen molar-refractivity contribution >= 4 is 0 Å². The molecule has 1 aromatic rings. The highest BCUT2D eigenvalue weighted by molar-refractivity contribution is 5.04. The van der Waals surface area contributed by atoms with Gasteiger partial charge in [0.25, 0.3) is 0 Å². The summed E-state index contributed by atoms with van der Waals surface area (Å²) in [5.41, 5.74) is -0.335. The predicted octanol–water partition coefficient (Wildman–Crippen LogP) is 1.90. The van der Waals surface area contributed by atoms with E-state index in [4.69, 9.17) is 14.0 Å². The van der Waals surface area contributed by atoms with Crippen LogP contribution in [0.4, 0.5) is 0 Å². The van der Waals surface area contributed by atoms with E-state index in [0.29, 0.717) is 31.3 Å². The third-order valence-corrected chi connectivity index (χ3v) is 4.34. The molecule has 6 nitrogen and oxygen atoms in total. The molecule has 6 heteroatoms. The van der Waals surface area contributed by atoms with Gasteiger partial charge in [-0.1, -0.05) is 25.9 Å². The Morgan fingerprint density at radius 3 is 2.52 bits per heavy atom. The van der Waals surface area contributed by atoms with Crippen molar-refractivity contribution in [1.29, 1.82) is 0 Å². The first-order chi connectivity index (χ1) is 9.91. The number of methoxy groups -OCH3 is 1. The molecule has 1 N–H and O–H groups in total. The molecule has 0 bridgehead atoms. The maximum absolute atomic E-state index is 5.70. The highest BCUT2D eigenvalue weighted by Crippen LogP contribution is 2.33. The molecule has 0 aliphatic carbocycles. The van der Waals surface area contributed by atoms with Gasteiger partial charge in [0.15, 0.2) is 0 Å². The first kappa shape index (κ1) is 16.4. The van der Waals surface area contributed by atoms with Crippen LogP contribution in [-0.2, 0) is 21.5 Å². The maximum atomic E-state index is 5.70. The molecule has 1 unspecified atom stereocenters. The van der Waals surface area contributed by atoms with E-state index >= 15 is 0 Å². The molecule has 21 heavy (non-hydrogen) atoms. The van der Waals surface area contributed by atoms with Crippen LogP contribution in [0.2, 0.25) is 0 Å². The van der Waals surface area contributed by atoms with Crippen molar-refractivity contribution in [2.24, 2.45) is 5.41 Å². The standard InChI is InChI=1S/C15H27N3O3/c1-14(2,3)11(16-4)10-12-17-13(18-21-12)15(19-5)6-8-20-9-7-15/h11,16H,6-10H2,1-5H3. The minimum Gasteiger partial charge on any atom is -0.381 e. The summed E-state index contributed by atoms with van der Waals surface area (Å²) >= 11 is 0. The number of rotatable bonds is 5. The van der Waals surface area contributed by atoms with Gasteiger partial charge in [0.05, 0.1) is 0 Å². The van der Waals surface area contributed by atoms with Crippen molar-refractivity contribution in [3.63, 3.8) is 0 Å². The smallest absolute Gasteiger partial charge is 0.228 e. The summed E-state index contributed by atoms with van der Waals surface area (Å²) in [6.45, 7) is 7.92. The summed E-state index contributed by atoms with van der Waals surface area (Å²) in [7, 11) is 3.66. The Labute approximate surface area is 126 Å². The Morgan fingerprint density at radius 1 is 1.33 bits per heavy atom. The van der Waals surface area contributed by atoms with Crippen molar-refractivity contribution in [1.82, 2.24) is 15.5 Å². The predicted molar refractivity (Wildman–Crippen MR) is 79.0 cm³/mol. The molecule has 1 aliphatic heterocycles. The van der Waals surface area contributed by atoms with Gasteiger partial charge in [-0.05, 0) is 12.5 Å². The second-order valence-electron chi connectivity index (χ2n) is 6.73. The third kappa shape index (κ3) is 3.62. The quantitative estimate of drug-likeness (QED) is 0.895. The molecule has 0 spiro atoms. The van der Waals surface area contributed by atoms with Gasteiger partial charge in [-0.3, -0.25) is 0 Å². The van der Waals surface area contributed by atoms with Crippen LogP contribution in [0.15, 0.2) is 4.52 Å². The van der Waals surface area contributed by atoms with Gasteiger partial charge in [-0.15, -0.1) is 0 Å². The van der Waals surface area contributed by atoms with E-state index in [-0.39, 0.29) is 11.5 Å². The first-order valence-electron chi connectivity index (χ1n) is 7.54. The van der Waals surface area contributed by atoms with Crippen LogP contribution < -0.4 is 5.32 Å². The molecular formula is C15H27N3O3. The van der Waals surface area contributed by atoms with Gasteiger partial charge >= 0.3 is 0 Å². The number of hydrogen-bond donors (Lipinski definition) is 1. The molecule has 2 heterocycles. The van der Waals surface area contributed by atoms with Gasteiger partial charge in [0, 0.05) is 45.6 Å². The molecule has 1 fully saturated rings. The first-order valence-corrected chi connectivity index (χ1v) is 7.54. The molecular weight excluding hydrogens is 270 g/mol. The van der Waals surface area contributed by atoms with E-state index in [0.717, 1.165) is 12.8 Å². The van der Waals surface area contributed by atoms with Gasteiger partial charge in [0.1, 0.15) is 5.60 Å². The largest absolute Gasteiger partial charge is 0.381 e. The summed E-state index contributed by atoms with van der Waals surface area (Å²) in [4.78, 5) is 4.58. The van der Waals surface area contributed by atoms with Crippen molar-refractivity contribution in [2.75, 3.05) is 27.4 Å². The average molecular weight is 297 g/mol.